The molecule has 2 fully saturated rings. The van der Waals surface area contributed by atoms with E-state index < -0.39 is 0 Å². The molecule has 20 heavy (non-hydrogen) atoms. The minimum atomic E-state index is 0.272. The van der Waals surface area contributed by atoms with Gasteiger partial charge in [0.25, 0.3) is 0 Å². The molecule has 2 aliphatic heterocycles. The topological polar surface area (TPSA) is 53.9 Å². The molecule has 0 amide bonds. The molecule has 0 saturated carbocycles. The standard InChI is InChI=1S/C13H20ClN5S/c1-13(5-4-8-20-13)9-15-11-16-10(14)17-12(18-11)19-6-2-3-7-19/h2-9H2,1H3,(H,15,16,17,18). The van der Waals surface area contributed by atoms with Crippen molar-refractivity contribution in [2.45, 2.75) is 37.4 Å². The molecule has 1 aromatic rings. The molecule has 0 spiro atoms. The molecule has 1 atom stereocenters. The molecular formula is C13H20ClN5S. The highest BCUT2D eigenvalue weighted by Crippen LogP contribution is 2.37. The first-order chi connectivity index (χ1) is 9.65. The zero-order valence-corrected chi connectivity index (χ0v) is 13.3. The lowest BCUT2D eigenvalue weighted by molar-refractivity contribution is 0.632. The molecule has 1 unspecified atom stereocenters. The third-order valence-electron chi connectivity index (χ3n) is 3.91. The van der Waals surface area contributed by atoms with Crippen LogP contribution in [0.3, 0.4) is 0 Å². The second kappa shape index (κ2) is 5.93. The molecule has 1 aromatic heterocycles. The van der Waals surface area contributed by atoms with Crippen LogP contribution in [0.4, 0.5) is 11.9 Å². The van der Waals surface area contributed by atoms with Crippen molar-refractivity contribution in [2.24, 2.45) is 0 Å². The van der Waals surface area contributed by atoms with Crippen molar-refractivity contribution < 1.29 is 0 Å². The van der Waals surface area contributed by atoms with Crippen molar-refractivity contribution in [1.29, 1.82) is 0 Å². The van der Waals surface area contributed by atoms with Crippen LogP contribution in [0, 0.1) is 0 Å². The Morgan fingerprint density at radius 1 is 1.25 bits per heavy atom. The summed E-state index contributed by atoms with van der Waals surface area (Å²) in [6.07, 6.45) is 4.92. The number of thioether (sulfide) groups is 1. The van der Waals surface area contributed by atoms with E-state index in [0.717, 1.165) is 19.6 Å². The maximum Gasteiger partial charge on any atom is 0.231 e. The molecule has 0 radical (unpaired) electrons. The lowest BCUT2D eigenvalue weighted by Crippen LogP contribution is -2.28. The molecule has 2 saturated heterocycles. The molecular weight excluding hydrogens is 294 g/mol. The van der Waals surface area contributed by atoms with Crippen LogP contribution >= 0.6 is 23.4 Å². The van der Waals surface area contributed by atoms with E-state index in [0.29, 0.717) is 11.9 Å². The van der Waals surface area contributed by atoms with E-state index in [1.807, 2.05) is 11.8 Å². The van der Waals surface area contributed by atoms with E-state index in [4.69, 9.17) is 11.6 Å². The Labute approximate surface area is 128 Å². The predicted octanol–water partition coefficient (Wildman–Crippen LogP) is 2.82. The Morgan fingerprint density at radius 3 is 2.75 bits per heavy atom. The fourth-order valence-corrected chi connectivity index (χ4v) is 4.12. The SMILES string of the molecule is CC1(CNc2nc(Cl)nc(N3CCCC3)n2)CCCS1. The van der Waals surface area contributed by atoms with Gasteiger partial charge in [0.05, 0.1) is 0 Å². The monoisotopic (exact) mass is 313 g/mol. The highest BCUT2D eigenvalue weighted by atomic mass is 35.5. The number of hydrogen-bond donors (Lipinski definition) is 1. The quantitative estimate of drug-likeness (QED) is 0.922. The molecule has 2 aliphatic rings. The summed E-state index contributed by atoms with van der Waals surface area (Å²) >= 11 is 8.04. The molecule has 3 heterocycles. The maximum atomic E-state index is 6.02. The van der Waals surface area contributed by atoms with Gasteiger partial charge < -0.3 is 10.2 Å². The van der Waals surface area contributed by atoms with Gasteiger partial charge >= 0.3 is 0 Å². The third kappa shape index (κ3) is 3.28. The minimum Gasteiger partial charge on any atom is -0.353 e. The van der Waals surface area contributed by atoms with Crippen LogP contribution in [0.2, 0.25) is 5.28 Å². The van der Waals surface area contributed by atoms with Gasteiger partial charge in [-0.05, 0) is 50.0 Å². The van der Waals surface area contributed by atoms with Crippen molar-refractivity contribution in [2.75, 3.05) is 35.6 Å². The molecule has 1 N–H and O–H groups in total. The van der Waals surface area contributed by atoms with E-state index in [2.05, 4.69) is 32.1 Å². The lowest BCUT2D eigenvalue weighted by Gasteiger charge is -2.23. The van der Waals surface area contributed by atoms with Gasteiger partial charge in [0, 0.05) is 24.4 Å². The maximum absolute atomic E-state index is 6.02. The zero-order chi connectivity index (χ0) is 14.0. The van der Waals surface area contributed by atoms with Gasteiger partial charge in [-0.25, -0.2) is 0 Å². The lowest BCUT2D eigenvalue weighted by atomic mass is 10.1. The second-order valence-electron chi connectivity index (χ2n) is 5.68. The van der Waals surface area contributed by atoms with Crippen LogP contribution in [0.25, 0.3) is 0 Å². The number of halogens is 1. The van der Waals surface area contributed by atoms with E-state index >= 15 is 0 Å². The van der Waals surface area contributed by atoms with Crippen LogP contribution in [-0.4, -0.2) is 45.1 Å². The Kier molecular flexibility index (Phi) is 4.21. The highest BCUT2D eigenvalue weighted by molar-refractivity contribution is 8.00. The summed E-state index contributed by atoms with van der Waals surface area (Å²) in [6.45, 7) is 5.18. The van der Waals surface area contributed by atoms with Crippen LogP contribution in [0.5, 0.6) is 0 Å². The van der Waals surface area contributed by atoms with Crippen LogP contribution in [-0.2, 0) is 0 Å². The molecule has 0 aliphatic carbocycles. The van der Waals surface area contributed by atoms with E-state index in [-0.39, 0.29) is 10.0 Å². The fourth-order valence-electron chi connectivity index (χ4n) is 2.72. The molecule has 3 rings (SSSR count). The first kappa shape index (κ1) is 14.2. The van der Waals surface area contributed by atoms with Crippen LogP contribution in [0.15, 0.2) is 0 Å². The Hall–Kier alpha value is -0.750. The number of anilines is 2. The predicted molar refractivity (Wildman–Crippen MR) is 84.9 cm³/mol. The average molecular weight is 314 g/mol. The van der Waals surface area contributed by atoms with Gasteiger partial charge in [-0.15, -0.1) is 0 Å². The number of nitrogens with zero attached hydrogens (tertiary/aromatic N) is 4. The summed E-state index contributed by atoms with van der Waals surface area (Å²) in [7, 11) is 0. The summed E-state index contributed by atoms with van der Waals surface area (Å²) < 4.78 is 0.285. The summed E-state index contributed by atoms with van der Waals surface area (Å²) in [5, 5.41) is 3.61. The average Bonchev–Trinajstić information content (AvgIpc) is 3.08. The first-order valence-electron chi connectivity index (χ1n) is 7.19. The second-order valence-corrected chi connectivity index (χ2v) is 7.70. The molecule has 0 aromatic carbocycles. The number of aromatic nitrogens is 3. The zero-order valence-electron chi connectivity index (χ0n) is 11.7. The summed E-state index contributed by atoms with van der Waals surface area (Å²) in [6, 6.07) is 0. The van der Waals surface area contributed by atoms with Gasteiger partial charge in [-0.1, -0.05) is 0 Å². The largest absolute Gasteiger partial charge is 0.353 e. The molecule has 5 nitrogen and oxygen atoms in total. The number of hydrogen-bond acceptors (Lipinski definition) is 6. The van der Waals surface area contributed by atoms with E-state index in [1.54, 1.807) is 0 Å². The Morgan fingerprint density at radius 2 is 2.05 bits per heavy atom. The smallest absolute Gasteiger partial charge is 0.231 e. The van der Waals surface area contributed by atoms with Crippen molar-refractivity contribution >= 4 is 35.3 Å². The van der Waals surface area contributed by atoms with Crippen LogP contribution < -0.4 is 10.2 Å². The highest BCUT2D eigenvalue weighted by Gasteiger charge is 2.29. The van der Waals surface area contributed by atoms with Crippen molar-refractivity contribution in [3.05, 3.63) is 5.28 Å². The number of rotatable bonds is 4. The van der Waals surface area contributed by atoms with Crippen LogP contribution in [0.1, 0.15) is 32.6 Å². The fraction of sp³-hybridized carbons (Fsp3) is 0.769. The molecule has 0 bridgehead atoms. The van der Waals surface area contributed by atoms with E-state index in [9.17, 15) is 0 Å². The van der Waals surface area contributed by atoms with Gasteiger partial charge in [0.15, 0.2) is 0 Å². The summed E-state index contributed by atoms with van der Waals surface area (Å²) in [4.78, 5) is 15.1. The first-order valence-corrected chi connectivity index (χ1v) is 8.55. The molecule has 7 heteroatoms. The van der Waals surface area contributed by atoms with Crippen molar-refractivity contribution in [1.82, 2.24) is 15.0 Å². The summed E-state index contributed by atoms with van der Waals surface area (Å²) in [5.41, 5.74) is 0. The van der Waals surface area contributed by atoms with Gasteiger partial charge in [0.1, 0.15) is 0 Å². The number of nitrogens with one attached hydrogen (secondary N) is 1. The normalized spacial score (nSPS) is 26.2. The third-order valence-corrected chi connectivity index (χ3v) is 5.61. The van der Waals surface area contributed by atoms with Crippen molar-refractivity contribution in [3.63, 3.8) is 0 Å². The Balaban J connectivity index is 1.69. The van der Waals surface area contributed by atoms with Gasteiger partial charge in [-0.3, -0.25) is 0 Å². The Bertz CT molecular complexity index is 472. The van der Waals surface area contributed by atoms with E-state index in [1.165, 1.54) is 31.4 Å². The summed E-state index contributed by atoms with van der Waals surface area (Å²) in [5.74, 6) is 2.55. The van der Waals surface area contributed by atoms with Gasteiger partial charge in [-0.2, -0.15) is 26.7 Å². The van der Waals surface area contributed by atoms with Gasteiger partial charge in [0.2, 0.25) is 17.2 Å². The minimum absolute atomic E-state index is 0.272. The van der Waals surface area contributed by atoms with Crippen molar-refractivity contribution in [3.8, 4) is 0 Å². The molecule has 110 valence electrons.